The van der Waals surface area contributed by atoms with Crippen molar-refractivity contribution in [2.45, 2.75) is 55.8 Å². The Morgan fingerprint density at radius 1 is 1.27 bits per heavy atom. The van der Waals surface area contributed by atoms with Crippen LogP contribution in [0.3, 0.4) is 0 Å². The first kappa shape index (κ1) is 21.4. The number of aliphatic imine (C=N–C) groups is 1. The van der Waals surface area contributed by atoms with Crippen molar-refractivity contribution in [2.75, 3.05) is 19.3 Å². The molecule has 2 fully saturated rings. The van der Waals surface area contributed by atoms with Crippen molar-refractivity contribution in [3.05, 3.63) is 29.8 Å². The van der Waals surface area contributed by atoms with Crippen LogP contribution in [-0.4, -0.2) is 52.0 Å². The fraction of sp³-hybridized carbons (Fsp3) is 0.611. The smallest absolute Gasteiger partial charge is 0.191 e. The molecule has 2 bridgehead atoms. The number of hydrogen-bond acceptors (Lipinski definition) is 4. The number of nitrogens with zero attached hydrogens (tertiary/aromatic N) is 1. The third-order valence-corrected chi connectivity index (χ3v) is 5.92. The fourth-order valence-electron chi connectivity index (χ4n) is 3.49. The summed E-state index contributed by atoms with van der Waals surface area (Å²) in [5.41, 5.74) is 1.08. The van der Waals surface area contributed by atoms with Crippen LogP contribution in [0.1, 0.15) is 31.7 Å². The second-order valence-electron chi connectivity index (χ2n) is 6.79. The van der Waals surface area contributed by atoms with Crippen LogP contribution < -0.4 is 10.6 Å². The highest BCUT2D eigenvalue weighted by Crippen LogP contribution is 2.34. The number of guanidine groups is 1. The predicted molar refractivity (Wildman–Crippen MR) is 114 cm³/mol. The first-order valence-electron chi connectivity index (χ1n) is 8.95. The molecule has 3 atom stereocenters. The highest BCUT2D eigenvalue weighted by Gasteiger charge is 2.41. The van der Waals surface area contributed by atoms with Gasteiger partial charge in [-0.3, -0.25) is 4.99 Å². The SMILES string of the molecule is CCNC(=NCCc1ccc(S(C)(=O)=O)cc1)NC1CC2CCC1O2.I. The summed E-state index contributed by atoms with van der Waals surface area (Å²) in [7, 11) is -3.14. The molecular weight excluding hydrogens is 465 g/mol. The zero-order valence-corrected chi connectivity index (χ0v) is 18.4. The highest BCUT2D eigenvalue weighted by atomic mass is 127. The molecule has 1 aromatic rings. The zero-order valence-electron chi connectivity index (χ0n) is 15.3. The molecular formula is C18H28IN3O3S. The third-order valence-electron chi connectivity index (χ3n) is 4.79. The van der Waals surface area contributed by atoms with Crippen LogP contribution >= 0.6 is 24.0 Å². The standard InChI is InChI=1S/C18H27N3O3S.HI/c1-3-19-18(21-16-12-14-6-9-17(16)24-14)20-11-10-13-4-7-15(8-5-13)25(2,22)23;/h4-5,7-8,14,16-17H,3,6,9-12H2,1-2H3,(H2,19,20,21);1H. The van der Waals surface area contributed by atoms with Gasteiger partial charge in [0.15, 0.2) is 15.8 Å². The van der Waals surface area contributed by atoms with Gasteiger partial charge < -0.3 is 15.4 Å². The van der Waals surface area contributed by atoms with Gasteiger partial charge in [-0.05, 0) is 50.3 Å². The molecule has 0 aromatic heterocycles. The van der Waals surface area contributed by atoms with Crippen LogP contribution in [0.4, 0.5) is 0 Å². The van der Waals surface area contributed by atoms with E-state index < -0.39 is 9.84 Å². The predicted octanol–water partition coefficient (Wildman–Crippen LogP) is 2.13. The van der Waals surface area contributed by atoms with Crippen LogP contribution in [-0.2, 0) is 21.0 Å². The third kappa shape index (κ3) is 5.56. The number of benzene rings is 1. The summed E-state index contributed by atoms with van der Waals surface area (Å²) in [5, 5.41) is 6.79. The molecule has 3 unspecified atom stereocenters. The molecule has 0 radical (unpaired) electrons. The molecule has 3 rings (SSSR count). The topological polar surface area (TPSA) is 79.8 Å². The number of ether oxygens (including phenoxy) is 1. The molecule has 2 heterocycles. The van der Waals surface area contributed by atoms with Crippen molar-refractivity contribution in [3.8, 4) is 0 Å². The minimum atomic E-state index is -3.14. The van der Waals surface area contributed by atoms with Crippen molar-refractivity contribution in [1.29, 1.82) is 0 Å². The molecule has 8 heteroatoms. The van der Waals surface area contributed by atoms with E-state index in [1.54, 1.807) is 12.1 Å². The molecule has 2 aliphatic heterocycles. The van der Waals surface area contributed by atoms with Crippen molar-refractivity contribution in [3.63, 3.8) is 0 Å². The Morgan fingerprint density at radius 3 is 2.54 bits per heavy atom. The van der Waals surface area contributed by atoms with Gasteiger partial charge in [0, 0.05) is 19.3 Å². The number of hydrogen-bond donors (Lipinski definition) is 2. The first-order chi connectivity index (χ1) is 12.0. The lowest BCUT2D eigenvalue weighted by Gasteiger charge is -2.22. The molecule has 2 saturated heterocycles. The number of sulfone groups is 1. The van der Waals surface area contributed by atoms with Gasteiger partial charge in [0.25, 0.3) is 0 Å². The average Bonchev–Trinajstić information content (AvgIpc) is 3.17. The Hall–Kier alpha value is -0.870. The van der Waals surface area contributed by atoms with Gasteiger partial charge in [-0.15, -0.1) is 24.0 Å². The number of rotatable bonds is 6. The van der Waals surface area contributed by atoms with Crippen molar-refractivity contribution in [1.82, 2.24) is 10.6 Å². The lowest BCUT2D eigenvalue weighted by Crippen LogP contribution is -2.47. The summed E-state index contributed by atoms with van der Waals surface area (Å²) in [4.78, 5) is 5.00. The lowest BCUT2D eigenvalue weighted by molar-refractivity contribution is 0.0992. The normalized spacial score (nSPS) is 25.0. The first-order valence-corrected chi connectivity index (χ1v) is 10.8. The van der Waals surface area contributed by atoms with E-state index in [4.69, 9.17) is 4.74 Å². The van der Waals surface area contributed by atoms with E-state index in [0.29, 0.717) is 29.7 Å². The van der Waals surface area contributed by atoms with E-state index in [1.807, 2.05) is 12.1 Å². The minimum Gasteiger partial charge on any atom is -0.373 e. The van der Waals surface area contributed by atoms with Crippen LogP contribution in [0.15, 0.2) is 34.2 Å². The lowest BCUT2D eigenvalue weighted by atomic mass is 9.96. The largest absolute Gasteiger partial charge is 0.373 e. The maximum Gasteiger partial charge on any atom is 0.191 e. The van der Waals surface area contributed by atoms with Crippen LogP contribution in [0.25, 0.3) is 0 Å². The molecule has 0 amide bonds. The van der Waals surface area contributed by atoms with Crippen LogP contribution in [0.2, 0.25) is 0 Å². The number of halogens is 1. The molecule has 146 valence electrons. The van der Waals surface area contributed by atoms with Gasteiger partial charge in [0.2, 0.25) is 0 Å². The minimum absolute atomic E-state index is 0. The maximum atomic E-state index is 11.5. The zero-order chi connectivity index (χ0) is 17.9. The Labute approximate surface area is 173 Å². The Balaban J connectivity index is 0.00000243. The van der Waals surface area contributed by atoms with Crippen molar-refractivity contribution >= 4 is 39.8 Å². The molecule has 1 aromatic carbocycles. The number of fused-ring (bicyclic) bond motifs is 2. The van der Waals surface area contributed by atoms with Gasteiger partial charge in [-0.2, -0.15) is 0 Å². The van der Waals surface area contributed by atoms with Crippen LogP contribution in [0.5, 0.6) is 0 Å². The van der Waals surface area contributed by atoms with Gasteiger partial charge in [-0.1, -0.05) is 12.1 Å². The molecule has 6 nitrogen and oxygen atoms in total. The summed E-state index contributed by atoms with van der Waals surface area (Å²) >= 11 is 0. The Bertz CT molecular complexity index is 722. The second-order valence-corrected chi connectivity index (χ2v) is 8.80. The second kappa shape index (κ2) is 9.36. The van der Waals surface area contributed by atoms with Crippen molar-refractivity contribution in [2.24, 2.45) is 4.99 Å². The summed E-state index contributed by atoms with van der Waals surface area (Å²) in [5.74, 6) is 0.830. The summed E-state index contributed by atoms with van der Waals surface area (Å²) in [6, 6.07) is 7.38. The van der Waals surface area contributed by atoms with E-state index >= 15 is 0 Å². The van der Waals surface area contributed by atoms with E-state index in [0.717, 1.165) is 37.3 Å². The van der Waals surface area contributed by atoms with E-state index in [-0.39, 0.29) is 24.0 Å². The summed E-state index contributed by atoms with van der Waals surface area (Å²) in [6.07, 6.45) is 6.10. The molecule has 2 aliphatic rings. The Morgan fingerprint density at radius 2 is 2.00 bits per heavy atom. The van der Waals surface area contributed by atoms with Gasteiger partial charge in [0.05, 0.1) is 23.1 Å². The monoisotopic (exact) mass is 493 g/mol. The fourth-order valence-corrected chi connectivity index (χ4v) is 4.12. The van der Waals surface area contributed by atoms with E-state index in [2.05, 4.69) is 22.5 Å². The van der Waals surface area contributed by atoms with Gasteiger partial charge in [-0.25, -0.2) is 8.42 Å². The number of nitrogens with one attached hydrogen (secondary N) is 2. The molecule has 0 spiro atoms. The molecule has 2 N–H and O–H groups in total. The molecule has 26 heavy (non-hydrogen) atoms. The van der Waals surface area contributed by atoms with E-state index in [9.17, 15) is 8.42 Å². The highest BCUT2D eigenvalue weighted by molar-refractivity contribution is 14.0. The summed E-state index contributed by atoms with van der Waals surface area (Å²) < 4.78 is 28.9. The van der Waals surface area contributed by atoms with Gasteiger partial charge in [0.1, 0.15) is 0 Å². The summed E-state index contributed by atoms with van der Waals surface area (Å²) in [6.45, 7) is 3.52. The van der Waals surface area contributed by atoms with Gasteiger partial charge >= 0.3 is 0 Å². The average molecular weight is 493 g/mol. The van der Waals surface area contributed by atoms with Crippen LogP contribution in [0, 0.1) is 0 Å². The maximum absolute atomic E-state index is 11.5. The molecule has 0 aliphatic carbocycles. The van der Waals surface area contributed by atoms with E-state index in [1.165, 1.54) is 12.7 Å². The van der Waals surface area contributed by atoms with Crippen molar-refractivity contribution < 1.29 is 13.2 Å². The quantitative estimate of drug-likeness (QED) is 0.361. The Kier molecular flexibility index (Phi) is 7.72. The molecule has 0 saturated carbocycles.